The Morgan fingerprint density at radius 1 is 0.979 bits per heavy atom. The fraction of sp³-hybridized carbons (Fsp3) is 0.600. The summed E-state index contributed by atoms with van der Waals surface area (Å²) in [5.41, 5.74) is 1.08. The van der Waals surface area contributed by atoms with Crippen LogP contribution in [0.1, 0.15) is 88.0 Å². The monoisotopic (exact) mass is 687 g/mol. The van der Waals surface area contributed by atoms with Crippen LogP contribution >= 0.6 is 11.3 Å². The first-order valence-corrected chi connectivity index (χ1v) is 17.3. The minimum atomic E-state index is -0.947. The molecule has 266 valence electrons. The summed E-state index contributed by atoms with van der Waals surface area (Å²) in [5.74, 6) is -3.27. The standard InChI is InChI=1S/C35H53N5O7S/c1-10-22(4)31(38-30(42)19-39(7)8)34(44)40(9)28(21(2)3)18-29(47-24(6)41)33-37-27(20-48-33)32(43)36-26(16-23(5)35(45)46)17-25-14-12-11-13-15-25/h11-15,20-23,26,28-29,31H,10,16-19H2,1-9H3,(H,36,43)(H,38,42)(H,45,46)/t22?,23-,26+,28+,29+,31-/m0/s1. The molecule has 3 amide bonds. The van der Waals surface area contributed by atoms with Crippen molar-refractivity contribution in [3.05, 3.63) is 52.0 Å². The second-order valence-electron chi connectivity index (χ2n) is 13.2. The molecule has 1 heterocycles. The average molecular weight is 688 g/mol. The summed E-state index contributed by atoms with van der Waals surface area (Å²) in [6.07, 6.45) is 0.738. The Balaban J connectivity index is 2.31. The number of carbonyl (C=O) groups is 5. The Labute approximate surface area is 288 Å². The maximum Gasteiger partial charge on any atom is 0.306 e. The Morgan fingerprint density at radius 3 is 2.17 bits per heavy atom. The van der Waals surface area contributed by atoms with Gasteiger partial charge in [0, 0.05) is 37.9 Å². The van der Waals surface area contributed by atoms with Crippen molar-refractivity contribution >= 4 is 41.0 Å². The molecule has 0 fully saturated rings. The molecule has 1 unspecified atom stereocenters. The smallest absolute Gasteiger partial charge is 0.306 e. The van der Waals surface area contributed by atoms with Gasteiger partial charge in [-0.25, -0.2) is 4.98 Å². The van der Waals surface area contributed by atoms with Crippen LogP contribution in [0.2, 0.25) is 0 Å². The molecule has 6 atom stereocenters. The van der Waals surface area contributed by atoms with Gasteiger partial charge in [0.15, 0.2) is 6.10 Å². The quantitative estimate of drug-likeness (QED) is 0.185. The number of esters is 1. The normalized spacial score (nSPS) is 15.1. The second-order valence-corrected chi connectivity index (χ2v) is 14.1. The molecule has 0 aliphatic heterocycles. The first kappa shape index (κ1) is 40.3. The van der Waals surface area contributed by atoms with E-state index in [1.165, 1.54) is 18.3 Å². The highest BCUT2D eigenvalue weighted by Gasteiger charge is 2.35. The van der Waals surface area contributed by atoms with Gasteiger partial charge < -0.3 is 30.3 Å². The van der Waals surface area contributed by atoms with Crippen molar-refractivity contribution in [3.63, 3.8) is 0 Å². The van der Waals surface area contributed by atoms with Crippen molar-refractivity contribution in [2.45, 2.75) is 91.5 Å². The van der Waals surface area contributed by atoms with Crippen LogP contribution in [0, 0.1) is 17.8 Å². The van der Waals surface area contributed by atoms with Gasteiger partial charge in [0.05, 0.1) is 12.5 Å². The zero-order valence-corrected chi connectivity index (χ0v) is 30.5. The van der Waals surface area contributed by atoms with Gasteiger partial charge >= 0.3 is 11.9 Å². The maximum absolute atomic E-state index is 13.9. The first-order chi connectivity index (χ1) is 22.5. The molecule has 0 aliphatic carbocycles. The number of nitrogens with one attached hydrogen (secondary N) is 2. The number of aromatic nitrogens is 1. The fourth-order valence-electron chi connectivity index (χ4n) is 5.49. The number of amides is 3. The van der Waals surface area contributed by atoms with Crippen LogP contribution < -0.4 is 10.6 Å². The third-order valence-corrected chi connectivity index (χ3v) is 9.32. The zero-order chi connectivity index (χ0) is 36.1. The number of carboxylic acids is 1. The molecule has 1 aromatic carbocycles. The van der Waals surface area contributed by atoms with Gasteiger partial charge in [-0.3, -0.25) is 24.0 Å². The van der Waals surface area contributed by atoms with E-state index in [2.05, 4.69) is 15.6 Å². The summed E-state index contributed by atoms with van der Waals surface area (Å²) in [6, 6.07) is 7.92. The highest BCUT2D eigenvalue weighted by molar-refractivity contribution is 7.09. The third kappa shape index (κ3) is 12.6. The lowest BCUT2D eigenvalue weighted by Crippen LogP contribution is -2.55. The molecule has 0 radical (unpaired) electrons. The van der Waals surface area contributed by atoms with E-state index in [1.807, 2.05) is 58.0 Å². The van der Waals surface area contributed by atoms with E-state index in [0.717, 1.165) is 5.56 Å². The molecule has 0 saturated heterocycles. The summed E-state index contributed by atoms with van der Waals surface area (Å²) >= 11 is 1.17. The molecule has 0 spiro atoms. The number of carbonyl (C=O) groups excluding carboxylic acids is 4. The molecule has 2 rings (SSSR count). The Hall–Kier alpha value is -3.84. The highest BCUT2D eigenvalue weighted by atomic mass is 32.1. The predicted molar refractivity (Wildman–Crippen MR) is 185 cm³/mol. The molecule has 0 saturated carbocycles. The lowest BCUT2D eigenvalue weighted by Gasteiger charge is -2.37. The molecular weight excluding hydrogens is 634 g/mol. The minimum absolute atomic E-state index is 0.0511. The van der Waals surface area contributed by atoms with Gasteiger partial charge in [-0.2, -0.15) is 0 Å². The summed E-state index contributed by atoms with van der Waals surface area (Å²) in [4.78, 5) is 71.7. The van der Waals surface area contributed by atoms with Gasteiger partial charge in [-0.1, -0.05) is 71.4 Å². The number of hydrogen-bond donors (Lipinski definition) is 3. The van der Waals surface area contributed by atoms with E-state index in [-0.39, 0.29) is 48.7 Å². The molecule has 3 N–H and O–H groups in total. The summed E-state index contributed by atoms with van der Waals surface area (Å²) in [5, 5.41) is 17.3. The van der Waals surface area contributed by atoms with Crippen molar-refractivity contribution in [1.82, 2.24) is 25.4 Å². The van der Waals surface area contributed by atoms with Crippen LogP contribution in [-0.4, -0.2) is 95.4 Å². The van der Waals surface area contributed by atoms with Crippen LogP contribution in [0.3, 0.4) is 0 Å². The first-order valence-electron chi connectivity index (χ1n) is 16.4. The van der Waals surface area contributed by atoms with E-state index in [4.69, 9.17) is 4.74 Å². The van der Waals surface area contributed by atoms with Crippen molar-refractivity contribution in [2.24, 2.45) is 17.8 Å². The lowest BCUT2D eigenvalue weighted by atomic mass is 9.93. The van der Waals surface area contributed by atoms with E-state index >= 15 is 0 Å². The molecule has 13 heteroatoms. The van der Waals surface area contributed by atoms with E-state index < -0.39 is 48.0 Å². The van der Waals surface area contributed by atoms with E-state index in [1.54, 1.807) is 43.2 Å². The van der Waals surface area contributed by atoms with E-state index in [9.17, 15) is 29.1 Å². The number of benzene rings is 1. The van der Waals surface area contributed by atoms with Gasteiger partial charge in [-0.15, -0.1) is 11.3 Å². The third-order valence-electron chi connectivity index (χ3n) is 8.38. The van der Waals surface area contributed by atoms with Crippen LogP contribution in [-0.2, 0) is 30.3 Å². The molecule has 1 aromatic heterocycles. The van der Waals surface area contributed by atoms with Crippen molar-refractivity contribution < 1.29 is 33.8 Å². The number of thiazole rings is 1. The zero-order valence-electron chi connectivity index (χ0n) is 29.7. The van der Waals surface area contributed by atoms with Crippen LogP contribution in [0.5, 0.6) is 0 Å². The minimum Gasteiger partial charge on any atom is -0.481 e. The van der Waals surface area contributed by atoms with Crippen LogP contribution in [0.15, 0.2) is 35.7 Å². The summed E-state index contributed by atoms with van der Waals surface area (Å²) < 4.78 is 5.72. The Morgan fingerprint density at radius 2 is 1.62 bits per heavy atom. The maximum atomic E-state index is 13.9. The lowest BCUT2D eigenvalue weighted by molar-refractivity contribution is -0.149. The fourth-order valence-corrected chi connectivity index (χ4v) is 6.33. The Kier molecular flexibility index (Phi) is 16.2. The predicted octanol–water partition coefficient (Wildman–Crippen LogP) is 4.16. The number of likely N-dealkylation sites (N-methyl/N-ethyl adjacent to an activating group) is 2. The van der Waals surface area contributed by atoms with Gasteiger partial charge in [-0.05, 0) is 44.3 Å². The molecular formula is C35H53N5O7S. The van der Waals surface area contributed by atoms with E-state index in [0.29, 0.717) is 17.8 Å². The molecule has 0 bridgehead atoms. The number of rotatable bonds is 19. The van der Waals surface area contributed by atoms with Crippen molar-refractivity contribution in [1.29, 1.82) is 0 Å². The molecule has 2 aromatic rings. The summed E-state index contributed by atoms with van der Waals surface area (Å²) in [6.45, 7) is 10.9. The number of carboxylic acid groups (broad SMARTS) is 1. The SMILES string of the molecule is CCC(C)[C@H](NC(=O)CN(C)C)C(=O)N(C)[C@H](C[C@@H](OC(C)=O)c1nc(C(=O)N[C@@H](Cc2ccccc2)C[C@H](C)C(=O)O)cs1)C(C)C. The number of aliphatic carboxylic acids is 1. The average Bonchev–Trinajstić information content (AvgIpc) is 3.51. The topological polar surface area (TPSA) is 158 Å². The molecule has 12 nitrogen and oxygen atoms in total. The number of hydrogen-bond acceptors (Lipinski definition) is 9. The van der Waals surface area contributed by atoms with Crippen molar-refractivity contribution in [2.75, 3.05) is 27.7 Å². The Bertz CT molecular complexity index is 1370. The second kappa shape index (κ2) is 19.2. The van der Waals surface area contributed by atoms with Crippen LogP contribution in [0.25, 0.3) is 0 Å². The molecule has 0 aliphatic rings. The van der Waals surface area contributed by atoms with Crippen LogP contribution in [0.4, 0.5) is 0 Å². The number of ether oxygens (including phenoxy) is 1. The van der Waals surface area contributed by atoms with Gasteiger partial charge in [0.2, 0.25) is 11.8 Å². The molecule has 48 heavy (non-hydrogen) atoms. The largest absolute Gasteiger partial charge is 0.481 e. The summed E-state index contributed by atoms with van der Waals surface area (Å²) in [7, 11) is 5.26. The highest BCUT2D eigenvalue weighted by Crippen LogP contribution is 2.31. The van der Waals surface area contributed by atoms with Gasteiger partial charge in [0.1, 0.15) is 16.7 Å². The van der Waals surface area contributed by atoms with Gasteiger partial charge in [0.25, 0.3) is 5.91 Å². The number of nitrogens with zero attached hydrogens (tertiary/aromatic N) is 3. The van der Waals surface area contributed by atoms with Crippen molar-refractivity contribution in [3.8, 4) is 0 Å².